The third-order valence-corrected chi connectivity index (χ3v) is 3.85. The fourth-order valence-corrected chi connectivity index (χ4v) is 2.67. The van der Waals surface area contributed by atoms with Gasteiger partial charge in [-0.2, -0.15) is 4.98 Å². The van der Waals surface area contributed by atoms with Crippen LogP contribution in [0.4, 0.5) is 0 Å². The summed E-state index contributed by atoms with van der Waals surface area (Å²) in [7, 11) is 0. The molecule has 0 aliphatic heterocycles. The van der Waals surface area contributed by atoms with Gasteiger partial charge in [0.25, 0.3) is 5.56 Å². The normalized spacial score (nSPS) is 10.8. The Labute approximate surface area is 138 Å². The van der Waals surface area contributed by atoms with E-state index in [1.54, 1.807) is 18.7 Å². The molecule has 5 nitrogen and oxygen atoms in total. The van der Waals surface area contributed by atoms with E-state index in [-0.39, 0.29) is 5.56 Å². The van der Waals surface area contributed by atoms with Crippen LogP contribution < -0.4 is 5.56 Å². The number of aromatic nitrogens is 4. The highest BCUT2D eigenvalue weighted by Crippen LogP contribution is 2.18. The van der Waals surface area contributed by atoms with Gasteiger partial charge in [-0.15, -0.1) is 0 Å². The van der Waals surface area contributed by atoms with Crippen molar-refractivity contribution in [3.8, 4) is 11.3 Å². The van der Waals surface area contributed by atoms with E-state index in [9.17, 15) is 4.79 Å². The smallest absolute Gasteiger partial charge is 0.299 e. The first-order valence-electron chi connectivity index (χ1n) is 7.62. The Kier molecular flexibility index (Phi) is 3.59. The van der Waals surface area contributed by atoms with E-state index < -0.39 is 0 Å². The molecule has 4 rings (SSSR count). The molecule has 0 amide bonds. The summed E-state index contributed by atoms with van der Waals surface area (Å²) in [5.74, 6) is 0. The first kappa shape index (κ1) is 14.3. The third-order valence-electron chi connectivity index (χ3n) is 3.85. The molecule has 0 saturated carbocycles. The van der Waals surface area contributed by atoms with Crippen molar-refractivity contribution in [3.05, 3.63) is 89.2 Å². The highest BCUT2D eigenvalue weighted by molar-refractivity contribution is 5.77. The van der Waals surface area contributed by atoms with Crippen molar-refractivity contribution in [2.45, 2.75) is 6.54 Å². The maximum Gasteiger partial charge on any atom is 0.299 e. The summed E-state index contributed by atoms with van der Waals surface area (Å²) < 4.78 is 1.94. The number of pyridine rings is 2. The van der Waals surface area contributed by atoms with E-state index in [0.29, 0.717) is 17.8 Å². The molecule has 0 spiro atoms. The van der Waals surface area contributed by atoms with Crippen LogP contribution >= 0.6 is 0 Å². The van der Waals surface area contributed by atoms with Gasteiger partial charge in [-0.1, -0.05) is 30.3 Å². The second-order valence-corrected chi connectivity index (χ2v) is 5.47. The van der Waals surface area contributed by atoms with Crippen molar-refractivity contribution in [2.24, 2.45) is 0 Å². The molecule has 0 aliphatic carbocycles. The lowest BCUT2D eigenvalue weighted by atomic mass is 10.2. The molecule has 1 aromatic carbocycles. The molecule has 0 fully saturated rings. The SMILES string of the molecule is O=c1ncn(Cc2ccccc2)c2ccc(-c3cccnc3)nc12. The molecule has 0 aliphatic rings. The third kappa shape index (κ3) is 2.67. The second-order valence-electron chi connectivity index (χ2n) is 5.47. The standard InChI is InChI=1S/C19H14N4O/c24-19-18-17(9-8-16(22-18)15-7-4-10-20-11-15)23(13-21-19)12-14-5-2-1-3-6-14/h1-11,13H,12H2. The van der Waals surface area contributed by atoms with Gasteiger partial charge in [-0.05, 0) is 29.8 Å². The molecule has 116 valence electrons. The van der Waals surface area contributed by atoms with E-state index in [4.69, 9.17) is 0 Å². The summed E-state index contributed by atoms with van der Waals surface area (Å²) in [6.45, 7) is 0.637. The minimum atomic E-state index is -0.319. The quantitative estimate of drug-likeness (QED) is 0.583. The van der Waals surface area contributed by atoms with Crippen LogP contribution in [0, 0.1) is 0 Å². The molecule has 5 heteroatoms. The lowest BCUT2D eigenvalue weighted by Gasteiger charge is -2.10. The molecular formula is C19H14N4O. The van der Waals surface area contributed by atoms with Gasteiger partial charge in [0.2, 0.25) is 0 Å². The zero-order valence-electron chi connectivity index (χ0n) is 12.8. The molecule has 4 aromatic rings. The highest BCUT2D eigenvalue weighted by Gasteiger charge is 2.08. The van der Waals surface area contributed by atoms with Crippen molar-refractivity contribution in [1.29, 1.82) is 0 Å². The van der Waals surface area contributed by atoms with Gasteiger partial charge in [-0.25, -0.2) is 4.98 Å². The van der Waals surface area contributed by atoms with Crippen molar-refractivity contribution in [2.75, 3.05) is 0 Å². The Bertz CT molecular complexity index is 1040. The molecule has 0 radical (unpaired) electrons. The molecule has 0 unspecified atom stereocenters. The van der Waals surface area contributed by atoms with E-state index in [0.717, 1.165) is 16.6 Å². The Morgan fingerprint density at radius 3 is 2.62 bits per heavy atom. The maximum atomic E-state index is 12.2. The minimum Gasteiger partial charge on any atom is -0.326 e. The largest absolute Gasteiger partial charge is 0.326 e. The van der Waals surface area contributed by atoms with Crippen molar-refractivity contribution < 1.29 is 0 Å². The fraction of sp³-hybridized carbons (Fsp3) is 0.0526. The molecule has 0 saturated heterocycles. The predicted octanol–water partition coefficient (Wildman–Crippen LogP) is 2.90. The van der Waals surface area contributed by atoms with E-state index in [1.165, 1.54) is 0 Å². The average Bonchev–Trinajstić information content (AvgIpc) is 2.65. The molecule has 0 bridgehead atoms. The molecule has 0 atom stereocenters. The highest BCUT2D eigenvalue weighted by atomic mass is 16.1. The zero-order chi connectivity index (χ0) is 16.4. The number of hydrogen-bond acceptors (Lipinski definition) is 4. The summed E-state index contributed by atoms with van der Waals surface area (Å²) in [4.78, 5) is 24.7. The van der Waals surface area contributed by atoms with E-state index in [2.05, 4.69) is 15.0 Å². The topological polar surface area (TPSA) is 60.7 Å². The second kappa shape index (κ2) is 6.04. The van der Waals surface area contributed by atoms with Gasteiger partial charge in [0.15, 0.2) is 5.52 Å². The molecule has 3 heterocycles. The number of hydrogen-bond donors (Lipinski definition) is 0. The van der Waals surface area contributed by atoms with Crippen LogP contribution in [0.1, 0.15) is 5.56 Å². The summed E-state index contributed by atoms with van der Waals surface area (Å²) in [5, 5.41) is 0. The molecule has 24 heavy (non-hydrogen) atoms. The van der Waals surface area contributed by atoms with Crippen LogP contribution in [0.5, 0.6) is 0 Å². The predicted molar refractivity (Wildman–Crippen MR) is 92.6 cm³/mol. The van der Waals surface area contributed by atoms with Gasteiger partial charge in [-0.3, -0.25) is 9.78 Å². The first-order valence-corrected chi connectivity index (χ1v) is 7.62. The van der Waals surface area contributed by atoms with Gasteiger partial charge in [0, 0.05) is 24.5 Å². The van der Waals surface area contributed by atoms with Crippen LogP contribution in [0.25, 0.3) is 22.3 Å². The summed E-state index contributed by atoms with van der Waals surface area (Å²) >= 11 is 0. The van der Waals surface area contributed by atoms with Crippen molar-refractivity contribution in [3.63, 3.8) is 0 Å². The zero-order valence-corrected chi connectivity index (χ0v) is 12.8. The molecular weight excluding hydrogens is 300 g/mol. The van der Waals surface area contributed by atoms with Crippen LogP contribution in [0.3, 0.4) is 0 Å². The van der Waals surface area contributed by atoms with Gasteiger partial charge in [0.05, 0.1) is 17.5 Å². The summed E-state index contributed by atoms with van der Waals surface area (Å²) in [6.07, 6.45) is 5.01. The van der Waals surface area contributed by atoms with Gasteiger partial charge < -0.3 is 4.57 Å². The first-order chi connectivity index (χ1) is 11.8. The monoisotopic (exact) mass is 314 g/mol. The lowest BCUT2D eigenvalue weighted by Crippen LogP contribution is -2.14. The maximum absolute atomic E-state index is 12.2. The van der Waals surface area contributed by atoms with E-state index in [1.807, 2.05) is 59.2 Å². The number of rotatable bonds is 3. The average molecular weight is 314 g/mol. The van der Waals surface area contributed by atoms with Gasteiger partial charge >= 0.3 is 0 Å². The van der Waals surface area contributed by atoms with Gasteiger partial charge in [0.1, 0.15) is 0 Å². The number of fused-ring (bicyclic) bond motifs is 1. The fourth-order valence-electron chi connectivity index (χ4n) is 2.67. The van der Waals surface area contributed by atoms with Crippen LogP contribution in [0.2, 0.25) is 0 Å². The summed E-state index contributed by atoms with van der Waals surface area (Å²) in [5.41, 5.74) is 3.55. The van der Waals surface area contributed by atoms with E-state index >= 15 is 0 Å². The van der Waals surface area contributed by atoms with Crippen molar-refractivity contribution >= 4 is 11.0 Å². The molecule has 3 aromatic heterocycles. The summed E-state index contributed by atoms with van der Waals surface area (Å²) in [6, 6.07) is 17.6. The van der Waals surface area contributed by atoms with Crippen molar-refractivity contribution in [1.82, 2.24) is 19.5 Å². The van der Waals surface area contributed by atoms with Crippen LogP contribution in [-0.2, 0) is 6.54 Å². The lowest BCUT2D eigenvalue weighted by molar-refractivity contribution is 0.796. The Hall–Kier alpha value is -3.34. The Morgan fingerprint density at radius 1 is 0.958 bits per heavy atom. The Morgan fingerprint density at radius 2 is 1.83 bits per heavy atom. The van der Waals surface area contributed by atoms with Crippen LogP contribution in [0.15, 0.2) is 78.1 Å². The Balaban J connectivity index is 1.83. The molecule has 0 N–H and O–H groups in total. The minimum absolute atomic E-state index is 0.319. The number of benzene rings is 1. The van der Waals surface area contributed by atoms with Crippen LogP contribution in [-0.4, -0.2) is 19.5 Å². The number of nitrogens with zero attached hydrogens (tertiary/aromatic N) is 4.